The first kappa shape index (κ1) is 22.2. The van der Waals surface area contributed by atoms with Gasteiger partial charge >= 0.3 is 0 Å². The molecule has 0 bridgehead atoms. The summed E-state index contributed by atoms with van der Waals surface area (Å²) in [6, 6.07) is 8.01. The summed E-state index contributed by atoms with van der Waals surface area (Å²) >= 11 is 2.88. The third kappa shape index (κ3) is 3.81. The Morgan fingerprint density at radius 3 is 2.91 bits per heavy atom. The molecule has 3 aromatic heterocycles. The van der Waals surface area contributed by atoms with Gasteiger partial charge in [-0.3, -0.25) is 14.0 Å². The van der Waals surface area contributed by atoms with Crippen LogP contribution in [0.5, 0.6) is 5.19 Å². The van der Waals surface area contributed by atoms with Crippen molar-refractivity contribution >= 4 is 39.4 Å². The van der Waals surface area contributed by atoms with E-state index < -0.39 is 0 Å². The van der Waals surface area contributed by atoms with E-state index in [-0.39, 0.29) is 17.9 Å². The normalized spacial score (nSPS) is 20.8. The first-order chi connectivity index (χ1) is 16.9. The van der Waals surface area contributed by atoms with Crippen molar-refractivity contribution in [3.63, 3.8) is 0 Å². The monoisotopic (exact) mass is 507 g/mol. The molecule has 4 heterocycles. The number of carbonyl (C=O) groups excluding carboxylic acids is 2. The van der Waals surface area contributed by atoms with E-state index in [1.807, 2.05) is 52.9 Å². The molecule has 180 valence electrons. The van der Waals surface area contributed by atoms with Gasteiger partial charge in [-0.2, -0.15) is 4.98 Å². The first-order valence-electron chi connectivity index (χ1n) is 11.6. The van der Waals surface area contributed by atoms with Crippen LogP contribution < -0.4 is 10.1 Å². The molecular formula is C25H25N5O3S2. The second-order valence-corrected chi connectivity index (χ2v) is 11.1. The number of aromatic nitrogens is 3. The van der Waals surface area contributed by atoms with E-state index in [1.54, 1.807) is 7.11 Å². The molecule has 2 aliphatic rings. The van der Waals surface area contributed by atoms with Crippen LogP contribution in [-0.2, 0) is 0 Å². The number of ether oxygens (including phenoxy) is 1. The third-order valence-corrected chi connectivity index (χ3v) is 8.77. The molecule has 1 aliphatic heterocycles. The molecule has 6 rings (SSSR count). The van der Waals surface area contributed by atoms with E-state index in [1.165, 1.54) is 22.7 Å². The van der Waals surface area contributed by atoms with Crippen molar-refractivity contribution in [3.8, 4) is 15.6 Å². The molecule has 0 radical (unpaired) electrons. The van der Waals surface area contributed by atoms with Gasteiger partial charge in [0.25, 0.3) is 17.0 Å². The number of likely N-dealkylation sites (tertiary alicyclic amines) is 1. The zero-order valence-corrected chi connectivity index (χ0v) is 21.3. The summed E-state index contributed by atoms with van der Waals surface area (Å²) in [5, 5.41) is 5.46. The lowest BCUT2D eigenvalue weighted by Crippen LogP contribution is -2.46. The van der Waals surface area contributed by atoms with E-state index in [0.29, 0.717) is 47.2 Å². The van der Waals surface area contributed by atoms with Crippen molar-refractivity contribution < 1.29 is 14.3 Å². The minimum atomic E-state index is -0.166. The molecule has 2 amide bonds. The molecule has 1 N–H and O–H groups in total. The van der Waals surface area contributed by atoms with Gasteiger partial charge in [-0.1, -0.05) is 41.2 Å². The van der Waals surface area contributed by atoms with Crippen molar-refractivity contribution in [2.75, 3.05) is 20.2 Å². The van der Waals surface area contributed by atoms with E-state index in [2.05, 4.69) is 21.4 Å². The number of piperidine rings is 1. The molecule has 1 saturated carbocycles. The van der Waals surface area contributed by atoms with Crippen molar-refractivity contribution in [3.05, 3.63) is 58.5 Å². The number of methoxy groups -OCH3 is 1. The molecule has 1 aromatic carbocycles. The predicted molar refractivity (Wildman–Crippen MR) is 135 cm³/mol. The largest absolute Gasteiger partial charge is 0.473 e. The molecule has 4 aromatic rings. The Balaban J connectivity index is 1.25. The van der Waals surface area contributed by atoms with Gasteiger partial charge in [0.15, 0.2) is 10.7 Å². The summed E-state index contributed by atoms with van der Waals surface area (Å²) in [7, 11) is 1.57. The van der Waals surface area contributed by atoms with Gasteiger partial charge in [0.2, 0.25) is 0 Å². The summed E-state index contributed by atoms with van der Waals surface area (Å²) in [4.78, 5) is 39.4. The highest BCUT2D eigenvalue weighted by Crippen LogP contribution is 2.50. The van der Waals surface area contributed by atoms with Crippen molar-refractivity contribution in [2.45, 2.75) is 26.3 Å². The zero-order valence-electron chi connectivity index (χ0n) is 19.6. The molecule has 2 fully saturated rings. The Kier molecular flexibility index (Phi) is 5.37. The number of amides is 2. The van der Waals surface area contributed by atoms with E-state index in [9.17, 15) is 9.59 Å². The average Bonchev–Trinajstić information content (AvgIpc) is 3.21. The van der Waals surface area contributed by atoms with Gasteiger partial charge < -0.3 is 15.0 Å². The van der Waals surface area contributed by atoms with Gasteiger partial charge in [0, 0.05) is 24.7 Å². The Bertz CT molecular complexity index is 1450. The number of hydrogen-bond donors (Lipinski definition) is 1. The zero-order chi connectivity index (χ0) is 24.3. The topological polar surface area (TPSA) is 88.8 Å². The van der Waals surface area contributed by atoms with E-state index >= 15 is 0 Å². The fourth-order valence-electron chi connectivity index (χ4n) is 5.17. The summed E-state index contributed by atoms with van der Waals surface area (Å²) in [6.07, 6.45) is 2.95. The smallest absolute Gasteiger partial charge is 0.274 e. The fraction of sp³-hybridized carbons (Fsp3) is 0.360. The van der Waals surface area contributed by atoms with Crippen LogP contribution in [0.3, 0.4) is 0 Å². The number of carbonyl (C=O) groups is 2. The molecule has 8 nitrogen and oxygen atoms in total. The minimum Gasteiger partial charge on any atom is -0.473 e. The average molecular weight is 508 g/mol. The molecule has 1 saturated heterocycles. The maximum atomic E-state index is 13.8. The lowest BCUT2D eigenvalue weighted by atomic mass is 10.1. The maximum Gasteiger partial charge on any atom is 0.274 e. The molecule has 35 heavy (non-hydrogen) atoms. The quantitative estimate of drug-likeness (QED) is 0.426. The lowest BCUT2D eigenvalue weighted by molar-refractivity contribution is 0.0689. The van der Waals surface area contributed by atoms with Crippen molar-refractivity contribution in [1.29, 1.82) is 0 Å². The Labute approximate surface area is 210 Å². The number of imidazole rings is 1. The number of nitrogens with zero attached hydrogens (tertiary/aromatic N) is 4. The number of aryl methyl sites for hydroxylation is 2. The lowest BCUT2D eigenvalue weighted by Gasteiger charge is -2.27. The van der Waals surface area contributed by atoms with Gasteiger partial charge in [-0.25, -0.2) is 4.98 Å². The summed E-state index contributed by atoms with van der Waals surface area (Å²) in [5.74, 6) is 0.632. The molecule has 3 atom stereocenters. The summed E-state index contributed by atoms with van der Waals surface area (Å²) < 4.78 is 7.21. The Hall–Kier alpha value is -3.24. The van der Waals surface area contributed by atoms with Gasteiger partial charge in [0.05, 0.1) is 23.7 Å². The second-order valence-electron chi connectivity index (χ2n) is 9.23. The minimum absolute atomic E-state index is 0.0549. The Morgan fingerprint density at radius 1 is 1.26 bits per heavy atom. The number of fused-ring (bicyclic) bond motifs is 2. The van der Waals surface area contributed by atoms with Crippen LogP contribution >= 0.6 is 22.7 Å². The van der Waals surface area contributed by atoms with Crippen molar-refractivity contribution in [1.82, 2.24) is 24.6 Å². The van der Waals surface area contributed by atoms with E-state index in [4.69, 9.17) is 4.74 Å². The fourth-order valence-corrected chi connectivity index (χ4v) is 6.79. The summed E-state index contributed by atoms with van der Waals surface area (Å²) in [5.41, 5.74) is 3.75. The van der Waals surface area contributed by atoms with Crippen LogP contribution in [-0.4, -0.2) is 57.3 Å². The highest BCUT2D eigenvalue weighted by Gasteiger charge is 2.54. The van der Waals surface area contributed by atoms with Gasteiger partial charge in [-0.05, 0) is 37.7 Å². The van der Waals surface area contributed by atoms with E-state index in [0.717, 1.165) is 27.4 Å². The molecule has 1 aliphatic carbocycles. The predicted octanol–water partition coefficient (Wildman–Crippen LogP) is 4.04. The van der Waals surface area contributed by atoms with Gasteiger partial charge in [0.1, 0.15) is 5.69 Å². The Morgan fingerprint density at radius 2 is 2.11 bits per heavy atom. The highest BCUT2D eigenvalue weighted by molar-refractivity contribution is 7.17. The number of benzene rings is 1. The summed E-state index contributed by atoms with van der Waals surface area (Å²) in [6.45, 7) is 4.97. The second kappa shape index (κ2) is 8.46. The van der Waals surface area contributed by atoms with Gasteiger partial charge in [-0.15, -0.1) is 11.3 Å². The SMILES string of the molecule is COc1nc(C(=O)N2C[C@@H]3C[C@@H]3[C@H]2CNC(=O)c2c(C)nc3sccn23)c(-c2cccc(C)c2)s1. The van der Waals surface area contributed by atoms with Crippen molar-refractivity contribution in [2.24, 2.45) is 11.8 Å². The van der Waals surface area contributed by atoms with Crippen LogP contribution in [0.4, 0.5) is 0 Å². The molecule has 0 spiro atoms. The highest BCUT2D eigenvalue weighted by atomic mass is 32.1. The third-order valence-electron chi connectivity index (χ3n) is 6.95. The maximum absolute atomic E-state index is 13.8. The molecule has 10 heteroatoms. The number of nitrogens with one attached hydrogen (secondary N) is 1. The molecular weight excluding hydrogens is 482 g/mol. The number of rotatable bonds is 6. The van der Waals surface area contributed by atoms with Crippen LogP contribution in [0.2, 0.25) is 0 Å². The standard InChI is InChI=1S/C25H25N5O3S2/c1-13-5-4-6-15(9-13)21-19(28-25(33-3)35-21)23(32)30-12-16-10-17(16)18(30)11-26-22(31)20-14(2)27-24-29(20)7-8-34-24/h4-9,16-18H,10-12H2,1-3H3,(H,26,31)/t16-,17-,18+/m0/s1. The number of thiazole rings is 2. The van der Waals surface area contributed by atoms with Crippen LogP contribution in [0.15, 0.2) is 35.8 Å². The van der Waals surface area contributed by atoms with Crippen LogP contribution in [0, 0.1) is 25.7 Å². The number of hydrogen-bond acceptors (Lipinski definition) is 7. The van der Waals surface area contributed by atoms with Crippen LogP contribution in [0.25, 0.3) is 15.4 Å². The van der Waals surface area contributed by atoms with Crippen LogP contribution in [0.1, 0.15) is 38.7 Å². The first-order valence-corrected chi connectivity index (χ1v) is 13.3. The molecule has 0 unspecified atom stereocenters.